The van der Waals surface area contributed by atoms with Crippen LogP contribution in [0.1, 0.15) is 35.4 Å². The van der Waals surface area contributed by atoms with Gasteiger partial charge in [-0.1, -0.05) is 12.1 Å². The molecule has 2 atom stereocenters. The van der Waals surface area contributed by atoms with Crippen LogP contribution >= 0.6 is 11.3 Å². The molecule has 0 radical (unpaired) electrons. The topological polar surface area (TPSA) is 41.1 Å². The zero-order chi connectivity index (χ0) is 16.0. The minimum atomic E-state index is 0.0414. The number of hydrogen-bond donors (Lipinski definition) is 2. The van der Waals surface area contributed by atoms with Crippen molar-refractivity contribution >= 4 is 28.5 Å². The third kappa shape index (κ3) is 2.57. The predicted octanol–water partition coefficient (Wildman–Crippen LogP) is 4.68. The van der Waals surface area contributed by atoms with Gasteiger partial charge in [-0.3, -0.25) is 4.79 Å². The fraction of sp³-hybridized carbons (Fsp3) is 0.316. The molecule has 23 heavy (non-hydrogen) atoms. The number of benzene rings is 1. The van der Waals surface area contributed by atoms with E-state index in [2.05, 4.69) is 48.7 Å². The van der Waals surface area contributed by atoms with Crippen LogP contribution < -0.4 is 10.6 Å². The normalized spacial score (nSPS) is 23.5. The lowest BCUT2D eigenvalue weighted by Gasteiger charge is -2.27. The lowest BCUT2D eigenvalue weighted by molar-refractivity contribution is -0.116. The molecule has 1 aromatic carbocycles. The molecule has 0 saturated heterocycles. The smallest absolute Gasteiger partial charge is 0.163 e. The molecule has 4 heteroatoms. The van der Waals surface area contributed by atoms with Gasteiger partial charge in [0.2, 0.25) is 0 Å². The maximum absolute atomic E-state index is 12.8. The molecule has 0 saturated carbocycles. The Labute approximate surface area is 140 Å². The summed E-state index contributed by atoms with van der Waals surface area (Å²) in [6.45, 7) is 4.20. The van der Waals surface area contributed by atoms with Gasteiger partial charge in [-0.15, -0.1) is 11.3 Å². The quantitative estimate of drug-likeness (QED) is 0.800. The van der Waals surface area contributed by atoms with Crippen LogP contribution in [0, 0.1) is 6.92 Å². The van der Waals surface area contributed by atoms with E-state index in [0.29, 0.717) is 12.3 Å². The molecule has 1 aromatic heterocycles. The lowest BCUT2D eigenvalue weighted by atomic mass is 9.83. The monoisotopic (exact) mass is 324 g/mol. The molecule has 4 rings (SSSR count). The Morgan fingerprint density at radius 1 is 1.09 bits per heavy atom. The molecule has 0 amide bonds. The Morgan fingerprint density at radius 3 is 2.61 bits per heavy atom. The summed E-state index contributed by atoms with van der Waals surface area (Å²) in [4.78, 5) is 15.4. The van der Waals surface area contributed by atoms with Crippen molar-refractivity contribution in [2.75, 3.05) is 10.6 Å². The average Bonchev–Trinajstić information content (AvgIpc) is 2.88. The van der Waals surface area contributed by atoms with E-state index in [-0.39, 0.29) is 11.8 Å². The van der Waals surface area contributed by atoms with Gasteiger partial charge in [0, 0.05) is 33.4 Å². The van der Waals surface area contributed by atoms with Crippen LogP contribution in [0.4, 0.5) is 11.4 Å². The minimum Gasteiger partial charge on any atom is -0.377 e. The Kier molecular flexibility index (Phi) is 3.49. The molecule has 2 aliphatic rings. The summed E-state index contributed by atoms with van der Waals surface area (Å²) >= 11 is 1.81. The van der Waals surface area contributed by atoms with E-state index in [1.54, 1.807) is 0 Å². The third-order valence-electron chi connectivity index (χ3n) is 4.69. The van der Waals surface area contributed by atoms with Crippen molar-refractivity contribution in [1.29, 1.82) is 0 Å². The number of rotatable bonds is 1. The molecule has 3 nitrogen and oxygen atoms in total. The lowest BCUT2D eigenvalue weighted by Crippen LogP contribution is -2.29. The summed E-state index contributed by atoms with van der Waals surface area (Å²) in [5, 5.41) is 7.00. The Morgan fingerprint density at radius 2 is 1.87 bits per heavy atom. The second-order valence-electron chi connectivity index (χ2n) is 6.41. The van der Waals surface area contributed by atoms with E-state index in [1.807, 2.05) is 23.5 Å². The van der Waals surface area contributed by atoms with Crippen LogP contribution in [0.3, 0.4) is 0 Å². The second kappa shape index (κ2) is 5.53. The standard InChI is InChI=1S/C19H20N2OS/c1-11-7-8-18(23-11)13-9-16-19(17(22)10-13)12(2)20-14-5-3-4-6-15(14)21-16/h3-8,12-13,20-21H,9-10H2,1-2H3/t12-,13-/m1/s1. The van der Waals surface area contributed by atoms with Crippen molar-refractivity contribution < 1.29 is 4.79 Å². The third-order valence-corrected chi connectivity index (χ3v) is 5.85. The van der Waals surface area contributed by atoms with Crippen LogP contribution in [0.5, 0.6) is 0 Å². The van der Waals surface area contributed by atoms with E-state index in [1.165, 1.54) is 9.75 Å². The minimum absolute atomic E-state index is 0.0414. The fourth-order valence-electron chi connectivity index (χ4n) is 3.61. The van der Waals surface area contributed by atoms with E-state index >= 15 is 0 Å². The number of para-hydroxylation sites is 2. The number of fused-ring (bicyclic) bond motifs is 1. The molecule has 0 fully saturated rings. The van der Waals surface area contributed by atoms with Crippen LogP contribution in [-0.4, -0.2) is 11.8 Å². The molecule has 1 aliphatic heterocycles. The van der Waals surface area contributed by atoms with Gasteiger partial charge >= 0.3 is 0 Å². The highest BCUT2D eigenvalue weighted by molar-refractivity contribution is 7.12. The zero-order valence-electron chi connectivity index (χ0n) is 13.3. The number of hydrogen-bond acceptors (Lipinski definition) is 4. The summed E-state index contributed by atoms with van der Waals surface area (Å²) < 4.78 is 0. The van der Waals surface area contributed by atoms with E-state index in [4.69, 9.17) is 0 Å². The van der Waals surface area contributed by atoms with Crippen molar-refractivity contribution in [3.8, 4) is 0 Å². The summed E-state index contributed by atoms with van der Waals surface area (Å²) in [5.74, 6) is 0.563. The van der Waals surface area contributed by atoms with E-state index in [9.17, 15) is 4.79 Å². The molecule has 0 unspecified atom stereocenters. The maximum Gasteiger partial charge on any atom is 0.163 e. The first-order chi connectivity index (χ1) is 11.1. The highest BCUT2D eigenvalue weighted by Gasteiger charge is 2.33. The van der Waals surface area contributed by atoms with Crippen molar-refractivity contribution in [2.45, 2.75) is 38.6 Å². The molecular formula is C19H20N2OS. The number of thiophene rings is 1. The Hall–Kier alpha value is -2.07. The summed E-state index contributed by atoms with van der Waals surface area (Å²) in [6, 6.07) is 12.5. The molecule has 2 N–H and O–H groups in total. The number of Topliss-reactive ketones (excluding diaryl/α,β-unsaturated/α-hetero) is 1. The molecule has 2 aromatic rings. The molecular weight excluding hydrogens is 304 g/mol. The highest BCUT2D eigenvalue weighted by Crippen LogP contribution is 2.41. The van der Waals surface area contributed by atoms with Crippen LogP contribution in [-0.2, 0) is 4.79 Å². The van der Waals surface area contributed by atoms with Crippen molar-refractivity contribution in [2.24, 2.45) is 0 Å². The van der Waals surface area contributed by atoms with Gasteiger partial charge in [0.25, 0.3) is 0 Å². The highest BCUT2D eigenvalue weighted by atomic mass is 32.1. The number of carbonyl (C=O) groups is 1. The van der Waals surface area contributed by atoms with Crippen molar-refractivity contribution in [3.05, 3.63) is 57.4 Å². The zero-order valence-corrected chi connectivity index (χ0v) is 14.2. The van der Waals surface area contributed by atoms with Gasteiger partial charge in [-0.2, -0.15) is 0 Å². The van der Waals surface area contributed by atoms with E-state index in [0.717, 1.165) is 29.1 Å². The first-order valence-electron chi connectivity index (χ1n) is 8.07. The number of aryl methyl sites for hydroxylation is 1. The molecule has 118 valence electrons. The van der Waals surface area contributed by atoms with Gasteiger partial charge in [-0.25, -0.2) is 0 Å². The summed E-state index contributed by atoms with van der Waals surface area (Å²) in [7, 11) is 0. The number of ketones is 1. The van der Waals surface area contributed by atoms with Crippen molar-refractivity contribution in [1.82, 2.24) is 0 Å². The average molecular weight is 324 g/mol. The van der Waals surface area contributed by atoms with Crippen LogP contribution in [0.15, 0.2) is 47.7 Å². The predicted molar refractivity (Wildman–Crippen MR) is 96.2 cm³/mol. The Bertz CT molecular complexity index is 805. The summed E-state index contributed by atoms with van der Waals surface area (Å²) in [5.41, 5.74) is 4.12. The largest absolute Gasteiger partial charge is 0.377 e. The molecule has 1 aliphatic carbocycles. The van der Waals surface area contributed by atoms with E-state index < -0.39 is 0 Å². The number of allylic oxidation sites excluding steroid dienone is 1. The first-order valence-corrected chi connectivity index (χ1v) is 8.88. The molecule has 0 bridgehead atoms. The fourth-order valence-corrected chi connectivity index (χ4v) is 4.59. The number of anilines is 2. The summed E-state index contributed by atoms with van der Waals surface area (Å²) in [6.07, 6.45) is 1.52. The molecule has 0 spiro atoms. The van der Waals surface area contributed by atoms with Gasteiger partial charge in [0.05, 0.1) is 17.4 Å². The maximum atomic E-state index is 12.8. The number of carbonyl (C=O) groups excluding carboxylic acids is 1. The Balaban J connectivity index is 1.72. The number of nitrogens with one attached hydrogen (secondary N) is 2. The van der Waals surface area contributed by atoms with Gasteiger partial charge in [0.1, 0.15) is 0 Å². The molecule has 2 heterocycles. The second-order valence-corrected chi connectivity index (χ2v) is 7.73. The van der Waals surface area contributed by atoms with Gasteiger partial charge in [0.15, 0.2) is 5.78 Å². The van der Waals surface area contributed by atoms with Crippen LogP contribution in [0.2, 0.25) is 0 Å². The first kappa shape index (κ1) is 14.5. The van der Waals surface area contributed by atoms with Gasteiger partial charge in [-0.05, 0) is 44.5 Å². The van der Waals surface area contributed by atoms with Crippen LogP contribution in [0.25, 0.3) is 0 Å². The van der Waals surface area contributed by atoms with Gasteiger partial charge < -0.3 is 10.6 Å². The van der Waals surface area contributed by atoms with Crippen molar-refractivity contribution in [3.63, 3.8) is 0 Å². The SMILES string of the molecule is Cc1ccc([C@H]2CC(=O)C3=C(C2)Nc2ccccc2N[C@@H]3C)s1.